The minimum atomic E-state index is -0.486. The average Bonchev–Trinajstić information content (AvgIpc) is 2.40. The lowest BCUT2D eigenvalue weighted by Gasteiger charge is -2.30. The van der Waals surface area contributed by atoms with Crippen molar-refractivity contribution in [1.82, 2.24) is 10.6 Å². The van der Waals surface area contributed by atoms with Gasteiger partial charge in [-0.1, -0.05) is 22.9 Å². The molecule has 0 aromatic heterocycles. The summed E-state index contributed by atoms with van der Waals surface area (Å²) in [5.74, 6) is -0.199. The number of benzene rings is 1. The molecule has 1 amide bonds. The van der Waals surface area contributed by atoms with Gasteiger partial charge in [-0.2, -0.15) is 0 Å². The highest BCUT2D eigenvalue weighted by molar-refractivity contribution is 9.10. The van der Waals surface area contributed by atoms with Crippen molar-refractivity contribution in [1.29, 1.82) is 0 Å². The van der Waals surface area contributed by atoms with Crippen LogP contribution in [0, 0.1) is 11.7 Å². The van der Waals surface area contributed by atoms with E-state index >= 15 is 0 Å². The van der Waals surface area contributed by atoms with Crippen LogP contribution in [0.3, 0.4) is 0 Å². The first kappa shape index (κ1) is 15.3. The lowest BCUT2D eigenvalue weighted by atomic mass is 9.95. The molecule has 2 rings (SSSR count). The Morgan fingerprint density at radius 1 is 1.60 bits per heavy atom. The van der Waals surface area contributed by atoms with Crippen molar-refractivity contribution in [2.24, 2.45) is 5.92 Å². The molecule has 4 nitrogen and oxygen atoms in total. The molecule has 6 heteroatoms. The summed E-state index contributed by atoms with van der Waals surface area (Å²) in [5, 5.41) is 6.15. The van der Waals surface area contributed by atoms with E-state index in [0.29, 0.717) is 10.4 Å². The predicted octanol–water partition coefficient (Wildman–Crippen LogP) is 2.08. The van der Waals surface area contributed by atoms with E-state index in [-0.39, 0.29) is 24.3 Å². The first-order valence-corrected chi connectivity index (χ1v) is 7.43. The van der Waals surface area contributed by atoms with Gasteiger partial charge in [0.05, 0.1) is 0 Å². The van der Waals surface area contributed by atoms with Gasteiger partial charge in [-0.25, -0.2) is 4.39 Å². The Kier molecular flexibility index (Phi) is 5.37. The molecule has 1 aromatic rings. The van der Waals surface area contributed by atoms with Crippen molar-refractivity contribution in [3.8, 4) is 5.75 Å². The second-order valence-corrected chi connectivity index (χ2v) is 5.92. The minimum Gasteiger partial charge on any atom is -0.481 e. The van der Waals surface area contributed by atoms with Gasteiger partial charge in [0, 0.05) is 17.1 Å². The van der Waals surface area contributed by atoms with E-state index in [1.807, 2.05) is 0 Å². The smallest absolute Gasteiger partial charge is 0.258 e. The molecule has 1 aromatic carbocycles. The summed E-state index contributed by atoms with van der Waals surface area (Å²) in [6.07, 6.45) is 1.03. The second kappa shape index (κ2) is 7.04. The number of amides is 1. The van der Waals surface area contributed by atoms with Crippen molar-refractivity contribution in [3.05, 3.63) is 28.5 Å². The number of carbonyl (C=O) groups is 1. The number of nitrogens with one attached hydrogen (secondary N) is 2. The number of rotatable bonds is 4. The number of hydrogen-bond donors (Lipinski definition) is 2. The number of piperidine rings is 1. The van der Waals surface area contributed by atoms with Gasteiger partial charge in [-0.15, -0.1) is 0 Å². The lowest BCUT2D eigenvalue weighted by molar-refractivity contribution is -0.124. The summed E-state index contributed by atoms with van der Waals surface area (Å²) in [6, 6.07) is 4.58. The van der Waals surface area contributed by atoms with Crippen LogP contribution >= 0.6 is 15.9 Å². The van der Waals surface area contributed by atoms with E-state index in [2.05, 4.69) is 33.5 Å². The van der Waals surface area contributed by atoms with Crippen LogP contribution < -0.4 is 15.4 Å². The predicted molar refractivity (Wildman–Crippen MR) is 78.2 cm³/mol. The lowest BCUT2D eigenvalue weighted by Crippen LogP contribution is -2.51. The van der Waals surface area contributed by atoms with Gasteiger partial charge in [0.15, 0.2) is 18.2 Å². The molecule has 1 heterocycles. The highest BCUT2D eigenvalue weighted by atomic mass is 79.9. The zero-order valence-corrected chi connectivity index (χ0v) is 12.9. The van der Waals surface area contributed by atoms with E-state index in [0.717, 1.165) is 19.5 Å². The highest BCUT2D eigenvalue weighted by Crippen LogP contribution is 2.21. The molecule has 1 saturated heterocycles. The van der Waals surface area contributed by atoms with Crippen LogP contribution in [0.4, 0.5) is 4.39 Å². The van der Waals surface area contributed by atoms with Gasteiger partial charge in [-0.05, 0) is 37.1 Å². The van der Waals surface area contributed by atoms with Crippen LogP contribution in [0.2, 0.25) is 0 Å². The first-order valence-electron chi connectivity index (χ1n) is 6.64. The molecule has 1 aliphatic heterocycles. The summed E-state index contributed by atoms with van der Waals surface area (Å²) >= 11 is 3.17. The number of halogens is 2. The maximum absolute atomic E-state index is 13.5. The fourth-order valence-corrected chi connectivity index (χ4v) is 2.50. The van der Waals surface area contributed by atoms with Crippen LogP contribution in [0.5, 0.6) is 5.75 Å². The summed E-state index contributed by atoms with van der Waals surface area (Å²) < 4.78 is 19.4. The van der Waals surface area contributed by atoms with Gasteiger partial charge >= 0.3 is 0 Å². The molecule has 0 saturated carbocycles. The highest BCUT2D eigenvalue weighted by Gasteiger charge is 2.22. The normalized spacial score (nSPS) is 22.4. The van der Waals surface area contributed by atoms with Crippen molar-refractivity contribution in [2.45, 2.75) is 19.4 Å². The van der Waals surface area contributed by atoms with Crippen LogP contribution in [-0.2, 0) is 4.79 Å². The Morgan fingerprint density at radius 2 is 2.40 bits per heavy atom. The third-order valence-corrected chi connectivity index (χ3v) is 3.92. The standard InChI is InChI=1S/C14H18BrFN2O2/c1-9-4-5-17-7-12(9)18-14(19)8-20-13-3-2-10(15)6-11(13)16/h2-3,6,9,12,17H,4-5,7-8H2,1H3,(H,18,19). The zero-order valence-electron chi connectivity index (χ0n) is 11.3. The Labute approximate surface area is 126 Å². The van der Waals surface area contributed by atoms with E-state index in [9.17, 15) is 9.18 Å². The van der Waals surface area contributed by atoms with Gasteiger partial charge in [0.2, 0.25) is 0 Å². The van der Waals surface area contributed by atoms with Gasteiger partial charge < -0.3 is 15.4 Å². The monoisotopic (exact) mass is 344 g/mol. The third-order valence-electron chi connectivity index (χ3n) is 3.43. The fourth-order valence-electron chi connectivity index (χ4n) is 2.17. The summed E-state index contributed by atoms with van der Waals surface area (Å²) in [6.45, 7) is 3.68. The van der Waals surface area contributed by atoms with E-state index in [4.69, 9.17) is 4.74 Å². The Balaban J connectivity index is 1.82. The zero-order chi connectivity index (χ0) is 14.5. The van der Waals surface area contributed by atoms with Gasteiger partial charge in [0.1, 0.15) is 0 Å². The number of carbonyl (C=O) groups excluding carboxylic acids is 1. The van der Waals surface area contributed by atoms with Crippen LogP contribution in [0.25, 0.3) is 0 Å². The Hall–Kier alpha value is -1.14. The SMILES string of the molecule is CC1CCNCC1NC(=O)COc1ccc(Br)cc1F. The van der Waals surface area contributed by atoms with E-state index < -0.39 is 5.82 Å². The van der Waals surface area contributed by atoms with Gasteiger partial charge in [0.25, 0.3) is 5.91 Å². The van der Waals surface area contributed by atoms with Crippen molar-refractivity contribution < 1.29 is 13.9 Å². The summed E-state index contributed by atoms with van der Waals surface area (Å²) in [4.78, 5) is 11.8. The van der Waals surface area contributed by atoms with Crippen LogP contribution in [0.15, 0.2) is 22.7 Å². The van der Waals surface area contributed by atoms with Crippen molar-refractivity contribution in [2.75, 3.05) is 19.7 Å². The molecule has 1 aliphatic rings. The molecular weight excluding hydrogens is 327 g/mol. The van der Waals surface area contributed by atoms with E-state index in [1.165, 1.54) is 12.1 Å². The molecule has 0 bridgehead atoms. The molecular formula is C14H18BrFN2O2. The minimum absolute atomic E-state index is 0.0816. The van der Waals surface area contributed by atoms with Gasteiger partial charge in [-0.3, -0.25) is 4.79 Å². The summed E-state index contributed by atoms with van der Waals surface area (Å²) in [7, 11) is 0. The second-order valence-electron chi connectivity index (χ2n) is 5.01. The maximum atomic E-state index is 13.5. The molecule has 2 N–H and O–H groups in total. The molecule has 2 unspecified atom stereocenters. The van der Waals surface area contributed by atoms with E-state index in [1.54, 1.807) is 6.07 Å². The first-order chi connectivity index (χ1) is 9.56. The molecule has 20 heavy (non-hydrogen) atoms. The molecule has 110 valence electrons. The molecule has 0 radical (unpaired) electrons. The summed E-state index contributed by atoms with van der Waals surface area (Å²) in [5.41, 5.74) is 0. The Morgan fingerprint density at radius 3 is 3.10 bits per heavy atom. The average molecular weight is 345 g/mol. The molecule has 2 atom stereocenters. The maximum Gasteiger partial charge on any atom is 0.258 e. The van der Waals surface area contributed by atoms with Crippen molar-refractivity contribution in [3.63, 3.8) is 0 Å². The largest absolute Gasteiger partial charge is 0.481 e. The fraction of sp³-hybridized carbons (Fsp3) is 0.500. The number of ether oxygens (including phenoxy) is 1. The molecule has 0 aliphatic carbocycles. The topological polar surface area (TPSA) is 50.4 Å². The molecule has 1 fully saturated rings. The number of hydrogen-bond acceptors (Lipinski definition) is 3. The van der Waals surface area contributed by atoms with Crippen molar-refractivity contribution >= 4 is 21.8 Å². The molecule has 0 spiro atoms. The van der Waals surface area contributed by atoms with Crippen LogP contribution in [0.1, 0.15) is 13.3 Å². The Bertz CT molecular complexity index is 484. The third kappa shape index (κ3) is 4.18. The van der Waals surface area contributed by atoms with Crippen LogP contribution in [-0.4, -0.2) is 31.6 Å². The quantitative estimate of drug-likeness (QED) is 0.879.